The Morgan fingerprint density at radius 2 is 2.00 bits per heavy atom. The van der Waals surface area contributed by atoms with E-state index in [-0.39, 0.29) is 34.7 Å². The number of carbonyl (C=O) groups excluding carboxylic acids is 1. The standard InChI is InChI=1S/C11H14Cl2N2O3S/c1-14-11(16)7-15-4-5-19(17,18)10-6-8(12)2-3-9(10)13/h2-3,6,15H,4-5,7H2,1H3,(H,14,16). The molecule has 0 saturated heterocycles. The van der Waals surface area contributed by atoms with E-state index in [1.165, 1.54) is 25.2 Å². The summed E-state index contributed by atoms with van der Waals surface area (Å²) in [5.41, 5.74) is 0. The van der Waals surface area contributed by atoms with E-state index in [1.54, 1.807) is 0 Å². The largest absolute Gasteiger partial charge is 0.358 e. The summed E-state index contributed by atoms with van der Waals surface area (Å²) in [6, 6.07) is 4.28. The molecule has 0 fully saturated rings. The van der Waals surface area contributed by atoms with Crippen LogP contribution in [0.3, 0.4) is 0 Å². The molecule has 5 nitrogen and oxygen atoms in total. The van der Waals surface area contributed by atoms with Gasteiger partial charge in [0.1, 0.15) is 0 Å². The van der Waals surface area contributed by atoms with Gasteiger partial charge in [-0.1, -0.05) is 23.2 Å². The first kappa shape index (κ1) is 16.2. The smallest absolute Gasteiger partial charge is 0.233 e. The lowest BCUT2D eigenvalue weighted by molar-refractivity contribution is -0.119. The zero-order valence-electron chi connectivity index (χ0n) is 10.2. The van der Waals surface area contributed by atoms with E-state index in [4.69, 9.17) is 23.2 Å². The summed E-state index contributed by atoms with van der Waals surface area (Å²) < 4.78 is 24.1. The summed E-state index contributed by atoms with van der Waals surface area (Å²) in [6.45, 7) is 0.216. The summed E-state index contributed by atoms with van der Waals surface area (Å²) in [5, 5.41) is 5.59. The Balaban J connectivity index is 2.66. The molecule has 106 valence electrons. The molecule has 0 aliphatic heterocycles. The predicted molar refractivity (Wildman–Crippen MR) is 75.5 cm³/mol. The fourth-order valence-corrected chi connectivity index (χ4v) is 3.33. The number of amides is 1. The number of rotatable bonds is 6. The van der Waals surface area contributed by atoms with Crippen molar-refractivity contribution in [3.8, 4) is 0 Å². The normalized spacial score (nSPS) is 11.3. The summed E-state index contributed by atoms with van der Waals surface area (Å²) in [4.78, 5) is 10.9. The van der Waals surface area contributed by atoms with Crippen molar-refractivity contribution in [1.29, 1.82) is 0 Å². The second-order valence-corrected chi connectivity index (χ2v) is 6.66. The third-order valence-electron chi connectivity index (χ3n) is 2.34. The molecule has 19 heavy (non-hydrogen) atoms. The minimum atomic E-state index is -3.53. The van der Waals surface area contributed by atoms with Gasteiger partial charge in [-0.3, -0.25) is 4.79 Å². The summed E-state index contributed by atoms with van der Waals surface area (Å²) >= 11 is 11.6. The van der Waals surface area contributed by atoms with Crippen LogP contribution in [-0.2, 0) is 14.6 Å². The zero-order chi connectivity index (χ0) is 14.5. The van der Waals surface area contributed by atoms with Crippen LogP contribution < -0.4 is 10.6 Å². The van der Waals surface area contributed by atoms with E-state index < -0.39 is 9.84 Å². The second kappa shape index (κ2) is 7.09. The second-order valence-electron chi connectivity index (χ2n) is 3.74. The quantitative estimate of drug-likeness (QED) is 0.768. The van der Waals surface area contributed by atoms with Crippen molar-refractivity contribution < 1.29 is 13.2 Å². The van der Waals surface area contributed by atoms with Crippen LogP contribution in [0.4, 0.5) is 0 Å². The van der Waals surface area contributed by atoms with E-state index in [0.29, 0.717) is 5.02 Å². The van der Waals surface area contributed by atoms with Crippen molar-refractivity contribution >= 4 is 38.9 Å². The molecule has 0 saturated carbocycles. The fraction of sp³-hybridized carbons (Fsp3) is 0.364. The third kappa shape index (κ3) is 4.99. The Morgan fingerprint density at radius 1 is 1.32 bits per heavy atom. The number of nitrogens with one attached hydrogen (secondary N) is 2. The SMILES string of the molecule is CNC(=O)CNCCS(=O)(=O)c1cc(Cl)ccc1Cl. The fourth-order valence-electron chi connectivity index (χ4n) is 1.32. The Morgan fingerprint density at radius 3 is 2.63 bits per heavy atom. The van der Waals surface area contributed by atoms with Crippen LogP contribution in [0.5, 0.6) is 0 Å². The molecule has 1 amide bonds. The summed E-state index contributed by atoms with van der Waals surface area (Å²) in [6.07, 6.45) is 0. The first-order valence-electron chi connectivity index (χ1n) is 5.46. The molecule has 0 bridgehead atoms. The minimum Gasteiger partial charge on any atom is -0.358 e. The van der Waals surface area contributed by atoms with Crippen LogP contribution in [-0.4, -0.2) is 40.2 Å². The van der Waals surface area contributed by atoms with E-state index in [1.807, 2.05) is 0 Å². The lowest BCUT2D eigenvalue weighted by atomic mass is 10.4. The monoisotopic (exact) mass is 324 g/mol. The maximum Gasteiger partial charge on any atom is 0.233 e. The highest BCUT2D eigenvalue weighted by Crippen LogP contribution is 2.25. The van der Waals surface area contributed by atoms with Gasteiger partial charge in [-0.25, -0.2) is 8.42 Å². The van der Waals surface area contributed by atoms with Crippen molar-refractivity contribution in [1.82, 2.24) is 10.6 Å². The van der Waals surface area contributed by atoms with E-state index >= 15 is 0 Å². The molecule has 0 aliphatic rings. The van der Waals surface area contributed by atoms with Gasteiger partial charge in [-0.2, -0.15) is 0 Å². The van der Waals surface area contributed by atoms with Crippen molar-refractivity contribution in [2.75, 3.05) is 25.9 Å². The van der Waals surface area contributed by atoms with Crippen LogP contribution in [0.1, 0.15) is 0 Å². The number of carbonyl (C=O) groups is 1. The number of halogens is 2. The Labute approximate surface area is 122 Å². The molecular weight excluding hydrogens is 311 g/mol. The van der Waals surface area contributed by atoms with Gasteiger partial charge in [0, 0.05) is 18.6 Å². The number of hydrogen-bond donors (Lipinski definition) is 2. The maximum atomic E-state index is 12.0. The molecule has 0 atom stereocenters. The van der Waals surface area contributed by atoms with Crippen LogP contribution in [0.25, 0.3) is 0 Å². The molecule has 1 aromatic carbocycles. The maximum absolute atomic E-state index is 12.0. The van der Waals surface area contributed by atoms with Gasteiger partial charge in [-0.05, 0) is 18.2 Å². The van der Waals surface area contributed by atoms with Crippen molar-refractivity contribution in [2.45, 2.75) is 4.90 Å². The van der Waals surface area contributed by atoms with Gasteiger partial charge in [0.05, 0.1) is 22.2 Å². The van der Waals surface area contributed by atoms with Gasteiger partial charge in [0.15, 0.2) is 9.84 Å². The topological polar surface area (TPSA) is 75.3 Å². The highest BCUT2D eigenvalue weighted by Gasteiger charge is 2.18. The Hall–Kier alpha value is -0.820. The number of hydrogen-bond acceptors (Lipinski definition) is 4. The lowest BCUT2D eigenvalue weighted by Crippen LogP contribution is -2.34. The average molecular weight is 325 g/mol. The highest BCUT2D eigenvalue weighted by molar-refractivity contribution is 7.91. The molecule has 0 radical (unpaired) electrons. The zero-order valence-corrected chi connectivity index (χ0v) is 12.6. The first-order valence-corrected chi connectivity index (χ1v) is 7.87. The van der Waals surface area contributed by atoms with Crippen molar-refractivity contribution in [3.05, 3.63) is 28.2 Å². The van der Waals surface area contributed by atoms with Gasteiger partial charge in [0.2, 0.25) is 5.91 Å². The molecular formula is C11H14Cl2N2O3S. The molecule has 8 heteroatoms. The van der Waals surface area contributed by atoms with Gasteiger partial charge in [-0.15, -0.1) is 0 Å². The Bertz CT molecular complexity index is 561. The van der Waals surface area contributed by atoms with Gasteiger partial charge >= 0.3 is 0 Å². The molecule has 2 N–H and O–H groups in total. The van der Waals surface area contributed by atoms with Crippen molar-refractivity contribution in [3.63, 3.8) is 0 Å². The number of benzene rings is 1. The van der Waals surface area contributed by atoms with Crippen LogP contribution >= 0.6 is 23.2 Å². The molecule has 0 spiro atoms. The molecule has 0 aliphatic carbocycles. The Kier molecular flexibility index (Phi) is 6.06. The molecule has 1 aromatic rings. The number of likely N-dealkylation sites (N-methyl/N-ethyl adjacent to an activating group) is 1. The molecule has 0 unspecified atom stereocenters. The van der Waals surface area contributed by atoms with Crippen molar-refractivity contribution in [2.24, 2.45) is 0 Å². The van der Waals surface area contributed by atoms with Crippen LogP contribution in [0, 0.1) is 0 Å². The molecule has 1 rings (SSSR count). The first-order chi connectivity index (χ1) is 8.86. The summed E-state index contributed by atoms with van der Waals surface area (Å²) in [5.74, 6) is -0.373. The van der Waals surface area contributed by atoms with Crippen LogP contribution in [0.15, 0.2) is 23.1 Å². The molecule has 0 aromatic heterocycles. The van der Waals surface area contributed by atoms with E-state index in [2.05, 4.69) is 10.6 Å². The van der Waals surface area contributed by atoms with E-state index in [9.17, 15) is 13.2 Å². The van der Waals surface area contributed by atoms with Gasteiger partial charge < -0.3 is 10.6 Å². The number of sulfone groups is 1. The predicted octanol–water partition coefficient (Wildman–Crippen LogP) is 1.10. The molecule has 0 heterocycles. The summed E-state index contributed by atoms with van der Waals surface area (Å²) in [7, 11) is -2.02. The minimum absolute atomic E-state index is 0.00316. The van der Waals surface area contributed by atoms with Crippen LogP contribution in [0.2, 0.25) is 10.0 Å². The highest BCUT2D eigenvalue weighted by atomic mass is 35.5. The third-order valence-corrected chi connectivity index (χ3v) is 4.77. The van der Waals surface area contributed by atoms with Gasteiger partial charge in [0.25, 0.3) is 0 Å². The lowest BCUT2D eigenvalue weighted by Gasteiger charge is -2.08. The average Bonchev–Trinajstić information content (AvgIpc) is 2.37. The van der Waals surface area contributed by atoms with E-state index in [0.717, 1.165) is 0 Å².